The van der Waals surface area contributed by atoms with Gasteiger partial charge in [-0.3, -0.25) is 15.0 Å². The van der Waals surface area contributed by atoms with E-state index in [4.69, 9.17) is 4.74 Å². The Morgan fingerprint density at radius 2 is 1.92 bits per heavy atom. The Bertz CT molecular complexity index is 1200. The Morgan fingerprint density at radius 1 is 1.08 bits per heavy atom. The van der Waals surface area contributed by atoms with Gasteiger partial charge in [0.05, 0.1) is 23.5 Å². The highest BCUT2D eigenvalue weighted by Crippen LogP contribution is 2.19. The second-order valence-corrected chi connectivity index (χ2v) is 5.63. The summed E-state index contributed by atoms with van der Waals surface area (Å²) in [6, 6.07) is 15.7. The van der Waals surface area contributed by atoms with Gasteiger partial charge < -0.3 is 4.74 Å². The number of hydrogen-bond donors (Lipinski definition) is 1. The van der Waals surface area contributed by atoms with Gasteiger partial charge in [-0.25, -0.2) is 14.6 Å². The van der Waals surface area contributed by atoms with E-state index in [1.165, 1.54) is 6.33 Å². The van der Waals surface area contributed by atoms with Crippen molar-refractivity contribution in [2.75, 3.05) is 12.5 Å². The quantitative estimate of drug-likeness (QED) is 0.615. The van der Waals surface area contributed by atoms with Crippen molar-refractivity contribution in [1.82, 2.24) is 14.6 Å². The number of hydrogen-bond acceptors (Lipinski definition) is 5. The molecule has 0 atom stereocenters. The van der Waals surface area contributed by atoms with Crippen molar-refractivity contribution in [2.45, 2.75) is 0 Å². The predicted octanol–water partition coefficient (Wildman–Crippen LogP) is 2.34. The van der Waals surface area contributed by atoms with Crippen molar-refractivity contribution >= 4 is 27.7 Å². The molecular formula is C19H14N4O3. The van der Waals surface area contributed by atoms with Crippen LogP contribution in [0.25, 0.3) is 21.8 Å². The number of para-hydroxylation sites is 1. The number of carbonyl (C=O) groups is 1. The van der Waals surface area contributed by atoms with Gasteiger partial charge in [0.15, 0.2) is 0 Å². The monoisotopic (exact) mass is 346 g/mol. The molecule has 0 spiro atoms. The molecule has 0 saturated carbocycles. The van der Waals surface area contributed by atoms with Crippen molar-refractivity contribution in [3.05, 3.63) is 77.0 Å². The van der Waals surface area contributed by atoms with Crippen LogP contribution in [-0.4, -0.2) is 27.7 Å². The molecule has 128 valence electrons. The topological polar surface area (TPSA) is 86.1 Å². The summed E-state index contributed by atoms with van der Waals surface area (Å²) in [4.78, 5) is 33.4. The third-order valence-electron chi connectivity index (χ3n) is 4.02. The minimum Gasteiger partial charge on any atom is -0.497 e. The fourth-order valence-electron chi connectivity index (χ4n) is 2.67. The Labute approximate surface area is 147 Å². The molecule has 26 heavy (non-hydrogen) atoms. The highest BCUT2D eigenvalue weighted by Gasteiger charge is 2.11. The first-order valence-corrected chi connectivity index (χ1v) is 7.88. The van der Waals surface area contributed by atoms with Crippen LogP contribution in [0, 0.1) is 0 Å². The van der Waals surface area contributed by atoms with Crippen LogP contribution in [0.3, 0.4) is 0 Å². The standard InChI is InChI=1S/C19H14N4O3/c1-26-13-7-9-15-12(10-13)6-8-17(21-15)18(24)22-23-11-20-16-5-3-2-4-14(16)19(23)25/h2-11H,1H3,(H,22,24). The Hall–Kier alpha value is -3.74. The van der Waals surface area contributed by atoms with E-state index in [9.17, 15) is 9.59 Å². The van der Waals surface area contributed by atoms with Crippen LogP contribution in [0.2, 0.25) is 0 Å². The van der Waals surface area contributed by atoms with Crippen LogP contribution in [0.4, 0.5) is 0 Å². The molecule has 0 saturated heterocycles. The molecule has 2 aromatic carbocycles. The maximum Gasteiger partial charge on any atom is 0.288 e. The molecule has 0 aliphatic heterocycles. The molecule has 0 aliphatic rings. The van der Waals surface area contributed by atoms with E-state index in [1.807, 2.05) is 6.07 Å². The third-order valence-corrected chi connectivity index (χ3v) is 4.02. The summed E-state index contributed by atoms with van der Waals surface area (Å²) >= 11 is 0. The SMILES string of the molecule is COc1ccc2nc(C(=O)Nn3cnc4ccccc4c3=O)ccc2c1. The number of nitrogens with zero attached hydrogens (tertiary/aromatic N) is 3. The molecule has 1 amide bonds. The van der Waals surface area contributed by atoms with E-state index in [-0.39, 0.29) is 11.3 Å². The van der Waals surface area contributed by atoms with Crippen molar-refractivity contribution in [2.24, 2.45) is 0 Å². The van der Waals surface area contributed by atoms with E-state index < -0.39 is 5.91 Å². The Morgan fingerprint density at radius 3 is 2.77 bits per heavy atom. The van der Waals surface area contributed by atoms with E-state index in [0.717, 1.165) is 10.1 Å². The third kappa shape index (κ3) is 2.75. The van der Waals surface area contributed by atoms with Crippen LogP contribution >= 0.6 is 0 Å². The lowest BCUT2D eigenvalue weighted by Crippen LogP contribution is -2.33. The molecule has 0 bridgehead atoms. The van der Waals surface area contributed by atoms with Gasteiger partial charge in [-0.05, 0) is 36.4 Å². The van der Waals surface area contributed by atoms with Crippen LogP contribution in [0.1, 0.15) is 10.5 Å². The van der Waals surface area contributed by atoms with Gasteiger partial charge >= 0.3 is 0 Å². The van der Waals surface area contributed by atoms with Gasteiger partial charge in [-0.2, -0.15) is 0 Å². The number of pyridine rings is 1. The number of ether oxygens (including phenoxy) is 1. The summed E-state index contributed by atoms with van der Waals surface area (Å²) in [5.74, 6) is 0.215. The van der Waals surface area contributed by atoms with Crippen molar-refractivity contribution in [3.8, 4) is 5.75 Å². The first kappa shape index (κ1) is 15.8. The molecule has 4 aromatic rings. The van der Waals surface area contributed by atoms with Crippen molar-refractivity contribution < 1.29 is 9.53 Å². The van der Waals surface area contributed by atoms with Crippen molar-refractivity contribution in [3.63, 3.8) is 0 Å². The average molecular weight is 346 g/mol. The number of rotatable bonds is 3. The van der Waals surface area contributed by atoms with Gasteiger partial charge in [0.1, 0.15) is 17.8 Å². The lowest BCUT2D eigenvalue weighted by atomic mass is 10.2. The lowest BCUT2D eigenvalue weighted by molar-refractivity contribution is 0.100. The summed E-state index contributed by atoms with van der Waals surface area (Å²) in [7, 11) is 1.59. The summed E-state index contributed by atoms with van der Waals surface area (Å²) in [5.41, 5.74) is 3.59. The summed E-state index contributed by atoms with van der Waals surface area (Å²) < 4.78 is 6.24. The smallest absolute Gasteiger partial charge is 0.288 e. The van der Waals surface area contributed by atoms with E-state index in [0.29, 0.717) is 22.2 Å². The Kier molecular flexibility index (Phi) is 3.81. The molecule has 1 N–H and O–H groups in total. The van der Waals surface area contributed by atoms with Gasteiger partial charge in [0.2, 0.25) is 0 Å². The van der Waals surface area contributed by atoms with E-state index in [1.54, 1.807) is 55.6 Å². The second-order valence-electron chi connectivity index (χ2n) is 5.63. The molecule has 2 heterocycles. The summed E-state index contributed by atoms with van der Waals surface area (Å²) in [5, 5.41) is 1.28. The zero-order valence-electron chi connectivity index (χ0n) is 13.8. The van der Waals surface area contributed by atoms with Crippen LogP contribution < -0.4 is 15.7 Å². The van der Waals surface area contributed by atoms with Gasteiger partial charge in [0, 0.05) is 5.39 Å². The van der Waals surface area contributed by atoms with Crippen LogP contribution in [0.5, 0.6) is 5.75 Å². The number of amides is 1. The largest absolute Gasteiger partial charge is 0.497 e. The zero-order valence-corrected chi connectivity index (χ0v) is 13.8. The fourth-order valence-corrected chi connectivity index (χ4v) is 2.67. The van der Waals surface area contributed by atoms with Gasteiger partial charge in [-0.15, -0.1) is 0 Å². The van der Waals surface area contributed by atoms with Gasteiger partial charge in [0.25, 0.3) is 11.5 Å². The number of nitrogens with one attached hydrogen (secondary N) is 1. The summed E-state index contributed by atoms with van der Waals surface area (Å²) in [6.07, 6.45) is 1.29. The van der Waals surface area contributed by atoms with Crippen LogP contribution in [0.15, 0.2) is 65.7 Å². The molecule has 7 heteroatoms. The van der Waals surface area contributed by atoms with E-state index in [2.05, 4.69) is 15.4 Å². The predicted molar refractivity (Wildman–Crippen MR) is 98.0 cm³/mol. The minimum absolute atomic E-state index is 0.197. The molecule has 0 radical (unpaired) electrons. The first-order valence-electron chi connectivity index (χ1n) is 7.88. The van der Waals surface area contributed by atoms with E-state index >= 15 is 0 Å². The first-order chi connectivity index (χ1) is 12.7. The zero-order chi connectivity index (χ0) is 18.1. The summed E-state index contributed by atoms with van der Waals surface area (Å²) in [6.45, 7) is 0. The molecule has 0 aliphatic carbocycles. The minimum atomic E-state index is -0.498. The molecular weight excluding hydrogens is 332 g/mol. The normalized spacial score (nSPS) is 10.8. The lowest BCUT2D eigenvalue weighted by Gasteiger charge is -2.09. The molecule has 0 fully saturated rings. The Balaban J connectivity index is 1.67. The molecule has 7 nitrogen and oxygen atoms in total. The molecule has 2 aromatic heterocycles. The number of methoxy groups -OCH3 is 1. The second kappa shape index (κ2) is 6.29. The van der Waals surface area contributed by atoms with Crippen LogP contribution in [-0.2, 0) is 0 Å². The fraction of sp³-hybridized carbons (Fsp3) is 0.0526. The maximum absolute atomic E-state index is 12.5. The number of fused-ring (bicyclic) bond motifs is 2. The number of carbonyl (C=O) groups excluding carboxylic acids is 1. The molecule has 4 rings (SSSR count). The highest BCUT2D eigenvalue weighted by atomic mass is 16.5. The number of aromatic nitrogens is 3. The van der Waals surface area contributed by atoms with Crippen molar-refractivity contribution in [1.29, 1.82) is 0 Å². The number of benzene rings is 2. The average Bonchev–Trinajstić information content (AvgIpc) is 2.69. The van der Waals surface area contributed by atoms with Gasteiger partial charge in [-0.1, -0.05) is 18.2 Å². The maximum atomic E-state index is 12.5. The molecule has 0 unspecified atom stereocenters. The highest BCUT2D eigenvalue weighted by molar-refractivity contribution is 6.00.